The number of urea groups is 1. The number of carbonyl (C=O) groups excluding carboxylic acids is 1. The van der Waals surface area contributed by atoms with Crippen LogP contribution in [0.1, 0.15) is 13.3 Å². The highest BCUT2D eigenvalue weighted by atomic mass is 32.1. The number of thiazole rings is 1. The van der Waals surface area contributed by atoms with E-state index in [9.17, 15) is 4.79 Å². The third-order valence-corrected chi connectivity index (χ3v) is 5.36. The molecule has 2 aromatic heterocycles. The van der Waals surface area contributed by atoms with Gasteiger partial charge in [0.2, 0.25) is 0 Å². The molecular formula is C20H24N6O2S. The lowest BCUT2D eigenvalue weighted by molar-refractivity contribution is 0.141. The lowest BCUT2D eigenvalue weighted by Gasteiger charge is -2.14. The van der Waals surface area contributed by atoms with Crippen molar-refractivity contribution in [1.82, 2.24) is 20.1 Å². The van der Waals surface area contributed by atoms with Crippen molar-refractivity contribution in [3.05, 3.63) is 42.0 Å². The van der Waals surface area contributed by atoms with E-state index in [0.29, 0.717) is 13.1 Å². The summed E-state index contributed by atoms with van der Waals surface area (Å²) < 4.78 is 7.26. The maximum Gasteiger partial charge on any atom is 0.321 e. The zero-order valence-corrected chi connectivity index (χ0v) is 17.1. The second-order valence-corrected chi connectivity index (χ2v) is 7.49. The molecular weight excluding hydrogens is 388 g/mol. The third kappa shape index (κ3) is 4.75. The number of hydrogen-bond donors (Lipinski definition) is 2. The van der Waals surface area contributed by atoms with Gasteiger partial charge < -0.3 is 15.4 Å². The Morgan fingerprint density at radius 2 is 2.17 bits per heavy atom. The normalized spacial score (nSPS) is 13.7. The molecule has 3 aromatic rings. The molecule has 1 aliphatic rings. The summed E-state index contributed by atoms with van der Waals surface area (Å²) in [5.74, 6) is 0. The highest BCUT2D eigenvalue weighted by molar-refractivity contribution is 7.14. The minimum absolute atomic E-state index is 0.0451. The van der Waals surface area contributed by atoms with Crippen LogP contribution in [0.2, 0.25) is 0 Å². The van der Waals surface area contributed by atoms with Crippen molar-refractivity contribution in [2.45, 2.75) is 19.9 Å². The van der Waals surface area contributed by atoms with Crippen LogP contribution in [0.5, 0.6) is 0 Å². The molecule has 0 saturated carbocycles. The Balaban J connectivity index is 1.36. The summed E-state index contributed by atoms with van der Waals surface area (Å²) >= 11 is 1.55. The second-order valence-electron chi connectivity index (χ2n) is 6.64. The molecule has 2 N–H and O–H groups in total. The number of carbonyl (C=O) groups is 1. The van der Waals surface area contributed by atoms with Crippen molar-refractivity contribution in [3.8, 4) is 11.3 Å². The van der Waals surface area contributed by atoms with Crippen LogP contribution in [-0.4, -0.2) is 47.1 Å². The first-order valence-corrected chi connectivity index (χ1v) is 10.6. The molecule has 0 unspecified atom stereocenters. The van der Waals surface area contributed by atoms with Gasteiger partial charge in [-0.15, -0.1) is 11.3 Å². The van der Waals surface area contributed by atoms with Gasteiger partial charge >= 0.3 is 6.03 Å². The largest absolute Gasteiger partial charge is 0.382 e. The molecule has 0 atom stereocenters. The van der Waals surface area contributed by atoms with Crippen molar-refractivity contribution < 1.29 is 9.53 Å². The number of aryl methyl sites for hydroxylation is 1. The molecule has 4 rings (SSSR count). The van der Waals surface area contributed by atoms with E-state index in [1.54, 1.807) is 22.4 Å². The summed E-state index contributed by atoms with van der Waals surface area (Å²) in [5, 5.41) is 13.3. The van der Waals surface area contributed by atoms with Crippen LogP contribution in [0.15, 0.2) is 42.0 Å². The number of ether oxygens (including phenoxy) is 1. The molecule has 1 saturated heterocycles. The van der Waals surface area contributed by atoms with Gasteiger partial charge in [0, 0.05) is 55.7 Å². The molecule has 0 bridgehead atoms. The highest BCUT2D eigenvalue weighted by Gasteiger charge is 2.20. The molecule has 9 heteroatoms. The molecule has 0 aliphatic carbocycles. The monoisotopic (exact) mass is 412 g/mol. The molecule has 0 radical (unpaired) electrons. The van der Waals surface area contributed by atoms with Crippen LogP contribution in [0, 0.1) is 0 Å². The molecule has 2 amide bonds. The van der Waals surface area contributed by atoms with Crippen molar-refractivity contribution >= 4 is 33.9 Å². The SMILES string of the molecule is CCOCCCn1cc(Nc2nc(-c3ccc(N4CCNC4=O)cc3)cs2)cn1. The van der Waals surface area contributed by atoms with E-state index >= 15 is 0 Å². The van der Waals surface area contributed by atoms with Crippen LogP contribution in [0.4, 0.5) is 21.3 Å². The van der Waals surface area contributed by atoms with Crippen molar-refractivity contribution in [1.29, 1.82) is 0 Å². The molecule has 29 heavy (non-hydrogen) atoms. The molecule has 1 aliphatic heterocycles. The number of anilines is 3. The predicted octanol–water partition coefficient (Wildman–Crippen LogP) is 3.71. The fourth-order valence-electron chi connectivity index (χ4n) is 3.14. The van der Waals surface area contributed by atoms with Gasteiger partial charge in [-0.1, -0.05) is 12.1 Å². The third-order valence-electron chi connectivity index (χ3n) is 4.60. The second kappa shape index (κ2) is 9.06. The Morgan fingerprint density at radius 1 is 1.31 bits per heavy atom. The fourth-order valence-corrected chi connectivity index (χ4v) is 3.88. The van der Waals surface area contributed by atoms with Crippen molar-refractivity contribution in [2.24, 2.45) is 0 Å². The van der Waals surface area contributed by atoms with E-state index in [1.165, 1.54) is 0 Å². The summed E-state index contributed by atoms with van der Waals surface area (Å²) in [6, 6.07) is 7.86. The molecule has 8 nitrogen and oxygen atoms in total. The maximum absolute atomic E-state index is 11.8. The van der Waals surface area contributed by atoms with Gasteiger partial charge in [-0.25, -0.2) is 9.78 Å². The molecule has 0 spiro atoms. The smallest absolute Gasteiger partial charge is 0.321 e. The minimum atomic E-state index is -0.0451. The van der Waals surface area contributed by atoms with Crippen LogP contribution in [-0.2, 0) is 11.3 Å². The van der Waals surface area contributed by atoms with Crippen LogP contribution in [0.3, 0.4) is 0 Å². The molecule has 152 valence electrons. The molecule has 3 heterocycles. The number of aromatic nitrogens is 3. The highest BCUT2D eigenvalue weighted by Crippen LogP contribution is 2.28. The average molecular weight is 413 g/mol. The van der Waals surface area contributed by atoms with E-state index in [2.05, 4.69) is 20.7 Å². The van der Waals surface area contributed by atoms with Gasteiger partial charge in [-0.2, -0.15) is 5.10 Å². The Morgan fingerprint density at radius 3 is 2.93 bits per heavy atom. The number of benzene rings is 1. The van der Waals surface area contributed by atoms with Gasteiger partial charge in [0.05, 0.1) is 17.6 Å². The quantitative estimate of drug-likeness (QED) is 0.524. The van der Waals surface area contributed by atoms with Gasteiger partial charge in [0.25, 0.3) is 0 Å². The van der Waals surface area contributed by atoms with Crippen molar-refractivity contribution in [3.63, 3.8) is 0 Å². The van der Waals surface area contributed by atoms with E-state index in [4.69, 9.17) is 4.74 Å². The summed E-state index contributed by atoms with van der Waals surface area (Å²) in [7, 11) is 0. The first-order valence-electron chi connectivity index (χ1n) is 9.71. The predicted molar refractivity (Wildman–Crippen MR) is 115 cm³/mol. The number of nitrogens with zero attached hydrogens (tertiary/aromatic N) is 4. The van der Waals surface area contributed by atoms with E-state index < -0.39 is 0 Å². The van der Waals surface area contributed by atoms with E-state index in [1.807, 2.05) is 47.4 Å². The average Bonchev–Trinajstić information content (AvgIpc) is 3.48. The number of nitrogens with one attached hydrogen (secondary N) is 2. The van der Waals surface area contributed by atoms with Gasteiger partial charge in [0.1, 0.15) is 0 Å². The summed E-state index contributed by atoms with van der Waals surface area (Å²) in [5.41, 5.74) is 3.73. The first kappa shape index (κ1) is 19.4. The Bertz CT molecular complexity index is 952. The summed E-state index contributed by atoms with van der Waals surface area (Å²) in [6.45, 7) is 5.70. The zero-order chi connectivity index (χ0) is 20.1. The van der Waals surface area contributed by atoms with Gasteiger partial charge in [-0.3, -0.25) is 9.58 Å². The first-order chi connectivity index (χ1) is 14.2. The summed E-state index contributed by atoms with van der Waals surface area (Å²) in [6.07, 6.45) is 4.71. The van der Waals surface area contributed by atoms with E-state index in [-0.39, 0.29) is 6.03 Å². The lowest BCUT2D eigenvalue weighted by Crippen LogP contribution is -2.27. The van der Waals surface area contributed by atoms with Crippen LogP contribution >= 0.6 is 11.3 Å². The van der Waals surface area contributed by atoms with Crippen molar-refractivity contribution in [2.75, 3.05) is 36.5 Å². The lowest BCUT2D eigenvalue weighted by atomic mass is 10.1. The minimum Gasteiger partial charge on any atom is -0.382 e. The zero-order valence-electron chi connectivity index (χ0n) is 16.3. The number of amides is 2. The number of hydrogen-bond acceptors (Lipinski definition) is 6. The van der Waals surface area contributed by atoms with Crippen LogP contribution < -0.4 is 15.5 Å². The fraction of sp³-hybridized carbons (Fsp3) is 0.350. The number of rotatable bonds is 9. The molecule has 1 fully saturated rings. The standard InChI is InChI=1S/C20H24N6O2S/c1-2-28-11-3-9-25-13-16(12-22-25)23-19-24-18(14-29-19)15-4-6-17(7-5-15)26-10-8-21-20(26)27/h4-7,12-14H,2-3,8-11H2,1H3,(H,21,27)(H,23,24). The van der Waals surface area contributed by atoms with Crippen LogP contribution in [0.25, 0.3) is 11.3 Å². The van der Waals surface area contributed by atoms with Gasteiger partial charge in [0.15, 0.2) is 5.13 Å². The summed E-state index contributed by atoms with van der Waals surface area (Å²) in [4.78, 5) is 18.2. The van der Waals surface area contributed by atoms with Gasteiger partial charge in [-0.05, 0) is 25.5 Å². The van der Waals surface area contributed by atoms with E-state index in [0.717, 1.165) is 53.9 Å². The maximum atomic E-state index is 11.8. The Labute approximate surface area is 173 Å². The molecule has 1 aromatic carbocycles. The topological polar surface area (TPSA) is 84.3 Å². The Kier molecular flexibility index (Phi) is 6.06. The Hall–Kier alpha value is -2.91.